The molecule has 0 amide bonds. The zero-order valence-electron chi connectivity index (χ0n) is 10.7. The Morgan fingerprint density at radius 1 is 1.17 bits per heavy atom. The second-order valence-corrected chi connectivity index (χ2v) is 8.01. The molecule has 2 saturated heterocycles. The third-order valence-electron chi connectivity index (χ3n) is 3.78. The first kappa shape index (κ1) is 14.6. The molecular weight excluding hydrogens is 270 g/mol. The Morgan fingerprint density at radius 3 is 2.33 bits per heavy atom. The molecule has 2 aliphatic rings. The van der Waals surface area contributed by atoms with Gasteiger partial charge in [-0.3, -0.25) is 0 Å². The second-order valence-electron chi connectivity index (χ2n) is 5.09. The van der Waals surface area contributed by atoms with Crippen LogP contribution in [0.25, 0.3) is 0 Å². The maximum absolute atomic E-state index is 12.2. The van der Waals surface area contributed by atoms with Crippen LogP contribution in [0.1, 0.15) is 25.7 Å². The highest BCUT2D eigenvalue weighted by Crippen LogP contribution is 2.21. The first-order valence-electron chi connectivity index (χ1n) is 6.67. The van der Waals surface area contributed by atoms with Crippen molar-refractivity contribution in [2.45, 2.75) is 31.7 Å². The van der Waals surface area contributed by atoms with Crippen LogP contribution < -0.4 is 10.5 Å². The summed E-state index contributed by atoms with van der Waals surface area (Å²) in [6, 6.07) is 0.128. The fourth-order valence-corrected chi connectivity index (χ4v) is 5.09. The number of thioether (sulfide) groups is 1. The maximum atomic E-state index is 12.2. The van der Waals surface area contributed by atoms with E-state index in [0.29, 0.717) is 25.6 Å². The van der Waals surface area contributed by atoms with Crippen LogP contribution in [0.2, 0.25) is 0 Å². The van der Waals surface area contributed by atoms with Gasteiger partial charge in [0.25, 0.3) is 10.2 Å². The molecule has 2 rings (SSSR count). The number of piperidine rings is 1. The molecule has 0 radical (unpaired) electrons. The predicted molar refractivity (Wildman–Crippen MR) is 75.8 cm³/mol. The highest BCUT2D eigenvalue weighted by atomic mass is 32.2. The van der Waals surface area contributed by atoms with Crippen LogP contribution in [-0.4, -0.2) is 49.9 Å². The molecule has 2 aliphatic heterocycles. The van der Waals surface area contributed by atoms with Gasteiger partial charge >= 0.3 is 0 Å². The Balaban J connectivity index is 1.86. The van der Waals surface area contributed by atoms with Gasteiger partial charge in [0, 0.05) is 19.1 Å². The van der Waals surface area contributed by atoms with E-state index in [4.69, 9.17) is 5.73 Å². The van der Waals surface area contributed by atoms with Crippen molar-refractivity contribution < 1.29 is 8.42 Å². The van der Waals surface area contributed by atoms with Crippen molar-refractivity contribution in [1.82, 2.24) is 9.03 Å². The summed E-state index contributed by atoms with van der Waals surface area (Å²) in [5.74, 6) is 2.60. The van der Waals surface area contributed by atoms with Gasteiger partial charge in [-0.1, -0.05) is 0 Å². The van der Waals surface area contributed by atoms with Crippen molar-refractivity contribution in [2.75, 3.05) is 31.1 Å². The van der Waals surface area contributed by atoms with E-state index < -0.39 is 10.2 Å². The lowest BCUT2D eigenvalue weighted by Crippen LogP contribution is -2.49. The minimum Gasteiger partial charge on any atom is -0.330 e. The minimum absolute atomic E-state index is 0.128. The van der Waals surface area contributed by atoms with Crippen molar-refractivity contribution in [3.05, 3.63) is 0 Å². The molecule has 0 aromatic heterocycles. The van der Waals surface area contributed by atoms with Crippen molar-refractivity contribution in [3.8, 4) is 0 Å². The standard InChI is InChI=1S/C11H23N3O2S2/c12-9-10-1-5-14(6-2-10)18(15,16)13-11-3-7-17-8-4-11/h10-11,13H,1-9,12H2. The van der Waals surface area contributed by atoms with Gasteiger partial charge in [-0.25, -0.2) is 0 Å². The van der Waals surface area contributed by atoms with Crippen molar-refractivity contribution in [1.29, 1.82) is 0 Å². The minimum atomic E-state index is -3.28. The number of nitrogens with two attached hydrogens (primary N) is 1. The largest absolute Gasteiger partial charge is 0.330 e. The predicted octanol–water partition coefficient (Wildman–Crippen LogP) is 0.387. The summed E-state index contributed by atoms with van der Waals surface area (Å²) in [5.41, 5.74) is 5.62. The summed E-state index contributed by atoms with van der Waals surface area (Å²) in [7, 11) is -3.28. The second kappa shape index (κ2) is 6.56. The molecule has 2 fully saturated rings. The van der Waals surface area contributed by atoms with Gasteiger partial charge in [-0.15, -0.1) is 0 Å². The van der Waals surface area contributed by atoms with E-state index in [1.54, 1.807) is 4.31 Å². The van der Waals surface area contributed by atoms with Crippen molar-refractivity contribution in [2.24, 2.45) is 11.7 Å². The zero-order chi connectivity index (χ0) is 13.0. The van der Waals surface area contributed by atoms with Gasteiger partial charge in [0.2, 0.25) is 0 Å². The fraction of sp³-hybridized carbons (Fsp3) is 1.00. The number of nitrogens with zero attached hydrogens (tertiary/aromatic N) is 1. The van der Waals surface area contributed by atoms with Crippen LogP contribution in [0.15, 0.2) is 0 Å². The lowest BCUT2D eigenvalue weighted by Gasteiger charge is -2.32. The molecule has 0 unspecified atom stereocenters. The average molecular weight is 293 g/mol. The molecule has 18 heavy (non-hydrogen) atoms. The van der Waals surface area contributed by atoms with Crippen LogP contribution in [0.5, 0.6) is 0 Å². The summed E-state index contributed by atoms with van der Waals surface area (Å²) >= 11 is 1.90. The molecule has 3 N–H and O–H groups in total. The first-order chi connectivity index (χ1) is 8.62. The Kier molecular flexibility index (Phi) is 5.32. The number of nitrogens with one attached hydrogen (secondary N) is 1. The molecular formula is C11H23N3O2S2. The van der Waals surface area contributed by atoms with Gasteiger partial charge in [-0.2, -0.15) is 29.2 Å². The summed E-state index contributed by atoms with van der Waals surface area (Å²) in [4.78, 5) is 0. The molecule has 7 heteroatoms. The molecule has 0 aromatic rings. The molecule has 0 spiro atoms. The summed E-state index contributed by atoms with van der Waals surface area (Å²) in [6.07, 6.45) is 3.67. The van der Waals surface area contributed by atoms with Crippen LogP contribution in [0.4, 0.5) is 0 Å². The third kappa shape index (κ3) is 3.84. The van der Waals surface area contributed by atoms with Crippen molar-refractivity contribution in [3.63, 3.8) is 0 Å². The molecule has 0 atom stereocenters. The van der Waals surface area contributed by atoms with E-state index >= 15 is 0 Å². The van der Waals surface area contributed by atoms with E-state index in [1.807, 2.05) is 11.8 Å². The molecule has 0 aliphatic carbocycles. The highest BCUT2D eigenvalue weighted by molar-refractivity contribution is 7.99. The van der Waals surface area contributed by atoms with Crippen molar-refractivity contribution >= 4 is 22.0 Å². The Labute approximate surface area is 114 Å². The van der Waals surface area contributed by atoms with Gasteiger partial charge in [0.1, 0.15) is 0 Å². The normalized spacial score (nSPS) is 25.4. The SMILES string of the molecule is NCC1CCN(S(=O)(=O)NC2CCSCC2)CC1. The fourth-order valence-electron chi connectivity index (χ4n) is 2.49. The lowest BCUT2D eigenvalue weighted by molar-refractivity contribution is 0.274. The summed E-state index contributed by atoms with van der Waals surface area (Å²) in [5, 5.41) is 0. The van der Waals surface area contributed by atoms with E-state index in [0.717, 1.165) is 37.2 Å². The molecule has 0 aromatic carbocycles. The van der Waals surface area contributed by atoms with Gasteiger partial charge in [-0.05, 0) is 49.7 Å². The van der Waals surface area contributed by atoms with Gasteiger partial charge < -0.3 is 5.73 Å². The monoisotopic (exact) mass is 293 g/mol. The van der Waals surface area contributed by atoms with E-state index in [9.17, 15) is 8.42 Å². The third-order valence-corrected chi connectivity index (χ3v) is 6.51. The zero-order valence-corrected chi connectivity index (χ0v) is 12.3. The molecule has 106 valence electrons. The maximum Gasteiger partial charge on any atom is 0.279 e. The molecule has 0 bridgehead atoms. The highest BCUT2D eigenvalue weighted by Gasteiger charge is 2.29. The molecule has 2 heterocycles. The quantitative estimate of drug-likeness (QED) is 0.786. The number of rotatable bonds is 4. The van der Waals surface area contributed by atoms with Crippen LogP contribution >= 0.6 is 11.8 Å². The Morgan fingerprint density at radius 2 is 1.78 bits per heavy atom. The Hall–Kier alpha value is 0.180. The van der Waals surface area contributed by atoms with Crippen LogP contribution in [-0.2, 0) is 10.2 Å². The van der Waals surface area contributed by atoms with Gasteiger partial charge in [0.05, 0.1) is 0 Å². The first-order valence-corrected chi connectivity index (χ1v) is 9.26. The Bertz CT molecular complexity index is 347. The summed E-state index contributed by atoms with van der Waals surface area (Å²) in [6.45, 7) is 1.89. The van der Waals surface area contributed by atoms with Crippen LogP contribution in [0, 0.1) is 5.92 Å². The lowest BCUT2D eigenvalue weighted by atomic mass is 9.99. The number of hydrogen-bond donors (Lipinski definition) is 2. The number of hydrogen-bond acceptors (Lipinski definition) is 4. The van der Waals surface area contributed by atoms with Crippen LogP contribution in [0.3, 0.4) is 0 Å². The molecule has 0 saturated carbocycles. The van der Waals surface area contributed by atoms with E-state index in [1.165, 1.54) is 0 Å². The van der Waals surface area contributed by atoms with E-state index in [2.05, 4.69) is 4.72 Å². The summed E-state index contributed by atoms with van der Waals surface area (Å²) < 4.78 is 28.9. The van der Waals surface area contributed by atoms with Gasteiger partial charge in [0.15, 0.2) is 0 Å². The average Bonchev–Trinajstić information content (AvgIpc) is 2.39. The smallest absolute Gasteiger partial charge is 0.279 e. The topological polar surface area (TPSA) is 75.4 Å². The molecule has 5 nitrogen and oxygen atoms in total. The van der Waals surface area contributed by atoms with E-state index in [-0.39, 0.29) is 6.04 Å².